The molecule has 0 radical (unpaired) electrons. The monoisotopic (exact) mass is 258 g/mol. The molecule has 104 valence electrons. The van der Waals surface area contributed by atoms with Crippen LogP contribution in [0.25, 0.3) is 0 Å². The van der Waals surface area contributed by atoms with Gasteiger partial charge in [-0.2, -0.15) is 0 Å². The van der Waals surface area contributed by atoms with Crippen LogP contribution in [0.2, 0.25) is 0 Å². The zero-order chi connectivity index (χ0) is 13.1. The molecule has 2 aliphatic rings. The van der Waals surface area contributed by atoms with E-state index in [9.17, 15) is 0 Å². The molecule has 1 heterocycles. The lowest BCUT2D eigenvalue weighted by Crippen LogP contribution is -2.26. The van der Waals surface area contributed by atoms with Gasteiger partial charge in [-0.15, -0.1) is 0 Å². The van der Waals surface area contributed by atoms with Gasteiger partial charge in [-0.3, -0.25) is 0 Å². The number of anilines is 1. The molecule has 0 saturated heterocycles. The lowest BCUT2D eigenvalue weighted by atomic mass is 10.0. The molecule has 1 atom stereocenters. The van der Waals surface area contributed by atoms with Gasteiger partial charge < -0.3 is 10.2 Å². The number of para-hydroxylation sites is 1. The predicted molar refractivity (Wildman–Crippen MR) is 81.6 cm³/mol. The minimum absolute atomic E-state index is 0.548. The normalized spacial score (nSPS) is 23.0. The first kappa shape index (κ1) is 13.0. The molecule has 1 saturated carbocycles. The maximum absolute atomic E-state index is 3.65. The van der Waals surface area contributed by atoms with Crippen molar-refractivity contribution in [3.05, 3.63) is 29.8 Å². The van der Waals surface area contributed by atoms with Crippen molar-refractivity contribution in [2.75, 3.05) is 24.5 Å². The fourth-order valence-electron chi connectivity index (χ4n) is 3.27. The largest absolute Gasteiger partial charge is 0.371 e. The van der Waals surface area contributed by atoms with E-state index in [1.807, 2.05) is 0 Å². The quantitative estimate of drug-likeness (QED) is 0.865. The highest BCUT2D eigenvalue weighted by Gasteiger charge is 2.25. The molecule has 1 aliphatic heterocycles. The first-order chi connectivity index (χ1) is 9.38. The standard InChI is InChI=1S/C17H26N2/c1-2-18-16-7-5-12-19(13-11-14-9-10-14)17-8-4-3-6-15(16)17/h3-4,6,8,14,16,18H,2,5,7,9-13H2,1H3. The summed E-state index contributed by atoms with van der Waals surface area (Å²) in [6.45, 7) is 5.74. The maximum atomic E-state index is 3.65. The third-order valence-corrected chi connectivity index (χ3v) is 4.53. The van der Waals surface area contributed by atoms with E-state index in [1.54, 1.807) is 0 Å². The molecule has 2 heteroatoms. The summed E-state index contributed by atoms with van der Waals surface area (Å²) in [5.74, 6) is 1.03. The van der Waals surface area contributed by atoms with Crippen LogP contribution < -0.4 is 10.2 Å². The summed E-state index contributed by atoms with van der Waals surface area (Å²) < 4.78 is 0. The van der Waals surface area contributed by atoms with Crippen LogP contribution >= 0.6 is 0 Å². The van der Waals surface area contributed by atoms with E-state index in [2.05, 4.69) is 41.4 Å². The molecule has 0 bridgehead atoms. The average Bonchev–Trinajstić information content (AvgIpc) is 3.25. The van der Waals surface area contributed by atoms with Crippen molar-refractivity contribution in [2.45, 2.75) is 45.1 Å². The molecule has 1 aliphatic carbocycles. The number of hydrogen-bond acceptors (Lipinski definition) is 2. The fourth-order valence-corrected chi connectivity index (χ4v) is 3.27. The van der Waals surface area contributed by atoms with Crippen molar-refractivity contribution in [3.63, 3.8) is 0 Å². The van der Waals surface area contributed by atoms with Gasteiger partial charge in [-0.25, -0.2) is 0 Å². The van der Waals surface area contributed by atoms with E-state index >= 15 is 0 Å². The highest BCUT2D eigenvalue weighted by molar-refractivity contribution is 5.55. The zero-order valence-electron chi connectivity index (χ0n) is 12.1. The maximum Gasteiger partial charge on any atom is 0.0414 e. The van der Waals surface area contributed by atoms with Gasteiger partial charge in [0.25, 0.3) is 0 Å². The Labute approximate surface area is 117 Å². The van der Waals surface area contributed by atoms with Crippen molar-refractivity contribution in [1.29, 1.82) is 0 Å². The molecule has 3 rings (SSSR count). The third kappa shape index (κ3) is 3.11. The second-order valence-corrected chi connectivity index (χ2v) is 6.03. The van der Waals surface area contributed by atoms with E-state index in [-0.39, 0.29) is 0 Å². The summed E-state index contributed by atoms with van der Waals surface area (Å²) in [6, 6.07) is 9.56. The molecular weight excluding hydrogens is 232 g/mol. The fraction of sp³-hybridized carbons (Fsp3) is 0.647. The Hall–Kier alpha value is -1.02. The minimum Gasteiger partial charge on any atom is -0.371 e. The van der Waals surface area contributed by atoms with Crippen molar-refractivity contribution in [1.82, 2.24) is 5.32 Å². The first-order valence-corrected chi connectivity index (χ1v) is 7.95. The average molecular weight is 258 g/mol. The Morgan fingerprint density at radius 1 is 1.21 bits per heavy atom. The second-order valence-electron chi connectivity index (χ2n) is 6.03. The molecule has 0 amide bonds. The first-order valence-electron chi connectivity index (χ1n) is 7.95. The smallest absolute Gasteiger partial charge is 0.0414 e. The highest BCUT2D eigenvalue weighted by atomic mass is 15.1. The summed E-state index contributed by atoms with van der Waals surface area (Å²) in [4.78, 5) is 2.63. The number of hydrogen-bond donors (Lipinski definition) is 1. The predicted octanol–water partition coefficient (Wildman–Crippen LogP) is 3.74. The minimum atomic E-state index is 0.548. The number of rotatable bonds is 5. The van der Waals surface area contributed by atoms with Gasteiger partial charge in [0, 0.05) is 24.8 Å². The molecule has 1 aromatic rings. The molecule has 1 unspecified atom stereocenters. The van der Waals surface area contributed by atoms with Gasteiger partial charge in [0.1, 0.15) is 0 Å². The second kappa shape index (κ2) is 5.96. The Morgan fingerprint density at radius 3 is 2.84 bits per heavy atom. The number of nitrogens with zero attached hydrogens (tertiary/aromatic N) is 1. The Kier molecular flexibility index (Phi) is 4.07. The topological polar surface area (TPSA) is 15.3 Å². The van der Waals surface area contributed by atoms with Gasteiger partial charge >= 0.3 is 0 Å². The zero-order valence-corrected chi connectivity index (χ0v) is 12.1. The summed E-state index contributed by atoms with van der Waals surface area (Å²) in [7, 11) is 0. The van der Waals surface area contributed by atoms with Crippen molar-refractivity contribution in [2.24, 2.45) is 5.92 Å². The van der Waals surface area contributed by atoms with Crippen LogP contribution in [0.3, 0.4) is 0 Å². The van der Waals surface area contributed by atoms with Crippen LogP contribution in [0.4, 0.5) is 5.69 Å². The van der Waals surface area contributed by atoms with Gasteiger partial charge in [0.15, 0.2) is 0 Å². The van der Waals surface area contributed by atoms with Crippen LogP contribution in [-0.4, -0.2) is 19.6 Å². The van der Waals surface area contributed by atoms with Crippen molar-refractivity contribution < 1.29 is 0 Å². The van der Waals surface area contributed by atoms with Crippen LogP contribution in [-0.2, 0) is 0 Å². The van der Waals surface area contributed by atoms with Gasteiger partial charge in [0.2, 0.25) is 0 Å². The van der Waals surface area contributed by atoms with Crippen LogP contribution in [0.1, 0.15) is 50.6 Å². The molecule has 1 aromatic carbocycles. The lowest BCUT2D eigenvalue weighted by molar-refractivity contribution is 0.510. The Balaban J connectivity index is 1.78. The third-order valence-electron chi connectivity index (χ3n) is 4.53. The van der Waals surface area contributed by atoms with Gasteiger partial charge in [0.05, 0.1) is 0 Å². The van der Waals surface area contributed by atoms with E-state index in [0.29, 0.717) is 6.04 Å². The van der Waals surface area contributed by atoms with Gasteiger partial charge in [-0.05, 0) is 43.4 Å². The van der Waals surface area contributed by atoms with Crippen LogP contribution in [0, 0.1) is 5.92 Å². The molecule has 0 aromatic heterocycles. The molecule has 19 heavy (non-hydrogen) atoms. The number of nitrogens with one attached hydrogen (secondary N) is 1. The van der Waals surface area contributed by atoms with E-state index in [1.165, 1.54) is 56.4 Å². The number of fused-ring (bicyclic) bond motifs is 1. The van der Waals surface area contributed by atoms with E-state index in [4.69, 9.17) is 0 Å². The SMILES string of the molecule is CCNC1CCCN(CCC2CC2)c2ccccc21. The van der Waals surface area contributed by atoms with Gasteiger partial charge in [-0.1, -0.05) is 38.0 Å². The lowest BCUT2D eigenvalue weighted by Gasteiger charge is -2.26. The van der Waals surface area contributed by atoms with Crippen molar-refractivity contribution >= 4 is 5.69 Å². The molecule has 0 spiro atoms. The van der Waals surface area contributed by atoms with E-state index in [0.717, 1.165) is 12.5 Å². The summed E-state index contributed by atoms with van der Waals surface area (Å²) >= 11 is 0. The Bertz CT molecular complexity index is 411. The highest BCUT2D eigenvalue weighted by Crippen LogP contribution is 2.36. The van der Waals surface area contributed by atoms with Crippen LogP contribution in [0.15, 0.2) is 24.3 Å². The Morgan fingerprint density at radius 2 is 2.05 bits per heavy atom. The van der Waals surface area contributed by atoms with Crippen LogP contribution in [0.5, 0.6) is 0 Å². The molecule has 2 nitrogen and oxygen atoms in total. The summed E-state index contributed by atoms with van der Waals surface area (Å²) in [6.07, 6.45) is 6.90. The molecule has 1 N–H and O–H groups in total. The summed E-state index contributed by atoms with van der Waals surface area (Å²) in [5, 5.41) is 3.65. The molecule has 1 fully saturated rings. The molecular formula is C17H26N2. The van der Waals surface area contributed by atoms with Crippen molar-refractivity contribution in [3.8, 4) is 0 Å². The summed E-state index contributed by atoms with van der Waals surface area (Å²) in [5.41, 5.74) is 2.99. The number of benzene rings is 1. The van der Waals surface area contributed by atoms with E-state index < -0.39 is 0 Å².